The topological polar surface area (TPSA) is 29.5 Å². The minimum atomic E-state index is -0.125. The predicted molar refractivity (Wildman–Crippen MR) is 216 cm³/mol. The van der Waals surface area contributed by atoms with Crippen LogP contribution in [0.4, 0.5) is 17.1 Å². The molecule has 52 heavy (non-hydrogen) atoms. The Morgan fingerprint density at radius 2 is 1.10 bits per heavy atom. The first-order valence-electron chi connectivity index (χ1n) is 17.9. The predicted octanol–water partition coefficient (Wildman–Crippen LogP) is 14.1. The maximum Gasteiger partial charge on any atom is 0.143 e. The highest BCUT2D eigenvalue weighted by Gasteiger charge is 2.35. The molecule has 0 amide bonds. The Morgan fingerprint density at radius 1 is 0.423 bits per heavy atom. The molecule has 1 aliphatic carbocycles. The van der Waals surface area contributed by atoms with Gasteiger partial charge >= 0.3 is 0 Å². The third-order valence-electron chi connectivity index (χ3n) is 11.2. The van der Waals surface area contributed by atoms with E-state index in [4.69, 9.17) is 8.83 Å². The zero-order valence-electron chi connectivity index (χ0n) is 28.9. The van der Waals surface area contributed by atoms with Crippen LogP contribution < -0.4 is 4.90 Å². The Morgan fingerprint density at radius 3 is 2.04 bits per heavy atom. The smallest absolute Gasteiger partial charge is 0.143 e. The van der Waals surface area contributed by atoms with Crippen LogP contribution in [0.5, 0.6) is 0 Å². The number of furan rings is 2. The lowest BCUT2D eigenvalue weighted by molar-refractivity contribution is 0.660. The van der Waals surface area contributed by atoms with E-state index < -0.39 is 0 Å². The Bertz CT molecular complexity index is 3070. The van der Waals surface area contributed by atoms with Crippen LogP contribution in [-0.4, -0.2) is 0 Å². The van der Waals surface area contributed by atoms with Crippen LogP contribution in [-0.2, 0) is 5.41 Å². The summed E-state index contributed by atoms with van der Waals surface area (Å²) in [7, 11) is 0. The van der Waals surface area contributed by atoms with Gasteiger partial charge in [0.1, 0.15) is 22.3 Å². The first-order valence-corrected chi connectivity index (χ1v) is 17.9. The van der Waals surface area contributed by atoms with Crippen LogP contribution in [0.2, 0.25) is 0 Å². The minimum Gasteiger partial charge on any atom is -0.456 e. The van der Waals surface area contributed by atoms with Crippen molar-refractivity contribution in [2.75, 3.05) is 4.90 Å². The second kappa shape index (κ2) is 10.7. The molecule has 2 aromatic heterocycles. The Labute approximate surface area is 301 Å². The molecule has 11 rings (SSSR count). The summed E-state index contributed by atoms with van der Waals surface area (Å²) >= 11 is 0. The lowest BCUT2D eigenvalue weighted by Gasteiger charge is -2.28. The molecule has 0 bridgehead atoms. The fourth-order valence-corrected chi connectivity index (χ4v) is 8.74. The molecule has 0 saturated heterocycles. The molecule has 0 fully saturated rings. The van der Waals surface area contributed by atoms with E-state index in [0.29, 0.717) is 0 Å². The van der Waals surface area contributed by atoms with Crippen molar-refractivity contribution in [1.29, 1.82) is 0 Å². The first-order chi connectivity index (χ1) is 25.5. The van der Waals surface area contributed by atoms with E-state index in [-0.39, 0.29) is 5.41 Å². The summed E-state index contributed by atoms with van der Waals surface area (Å²) in [5, 5.41) is 6.81. The van der Waals surface area contributed by atoms with Crippen LogP contribution in [0.3, 0.4) is 0 Å². The third-order valence-corrected chi connectivity index (χ3v) is 11.2. The van der Waals surface area contributed by atoms with Gasteiger partial charge in [0.15, 0.2) is 0 Å². The number of hydrogen-bond donors (Lipinski definition) is 0. The fraction of sp³-hybridized carbons (Fsp3) is 0.0612. The summed E-state index contributed by atoms with van der Waals surface area (Å²) < 4.78 is 13.0. The van der Waals surface area contributed by atoms with E-state index in [0.717, 1.165) is 77.5 Å². The van der Waals surface area contributed by atoms with Crippen molar-refractivity contribution in [3.05, 3.63) is 175 Å². The zero-order chi connectivity index (χ0) is 34.6. The maximum atomic E-state index is 6.58. The largest absolute Gasteiger partial charge is 0.456 e. The van der Waals surface area contributed by atoms with Gasteiger partial charge in [-0.1, -0.05) is 117 Å². The van der Waals surface area contributed by atoms with Gasteiger partial charge in [0.25, 0.3) is 0 Å². The summed E-state index contributed by atoms with van der Waals surface area (Å²) in [5.41, 5.74) is 14.3. The molecule has 0 radical (unpaired) electrons. The van der Waals surface area contributed by atoms with Crippen LogP contribution >= 0.6 is 0 Å². The van der Waals surface area contributed by atoms with E-state index in [1.807, 2.05) is 12.1 Å². The van der Waals surface area contributed by atoms with E-state index in [9.17, 15) is 0 Å². The summed E-state index contributed by atoms with van der Waals surface area (Å²) in [4.78, 5) is 2.37. The van der Waals surface area contributed by atoms with E-state index in [2.05, 4.69) is 170 Å². The molecule has 0 spiro atoms. The van der Waals surface area contributed by atoms with Gasteiger partial charge in [0, 0.05) is 55.5 Å². The van der Waals surface area contributed by atoms with Crippen LogP contribution in [0.25, 0.3) is 76.9 Å². The van der Waals surface area contributed by atoms with Gasteiger partial charge in [-0.3, -0.25) is 0 Å². The number of rotatable bonds is 4. The molecule has 0 saturated carbocycles. The standard InChI is InChI=1S/C49H33NO2/c1-49(2)42-18-7-5-15-37(42)38-25-22-33(28-43(38)49)50(34-23-26-40-39-16-6-8-19-44(39)51-46(40)29-34)32-13-9-12-31(27-32)35-17-10-20-45-47(35)41-24-21-30-11-3-4-14-36(30)48(41)52-45/h3-29H,1-2H3. The van der Waals surface area contributed by atoms with Crippen LogP contribution in [0.1, 0.15) is 25.0 Å². The maximum absolute atomic E-state index is 6.58. The molecule has 10 aromatic rings. The molecule has 0 atom stereocenters. The number of benzene rings is 8. The van der Waals surface area contributed by atoms with Crippen molar-refractivity contribution in [2.45, 2.75) is 19.3 Å². The van der Waals surface area contributed by atoms with Crippen molar-refractivity contribution >= 4 is 71.7 Å². The number of anilines is 3. The molecule has 0 unspecified atom stereocenters. The van der Waals surface area contributed by atoms with Gasteiger partial charge in [0.2, 0.25) is 0 Å². The lowest BCUT2D eigenvalue weighted by atomic mass is 9.82. The Kier molecular flexibility index (Phi) is 6.01. The number of para-hydroxylation sites is 1. The lowest BCUT2D eigenvalue weighted by Crippen LogP contribution is -2.16. The van der Waals surface area contributed by atoms with Crippen molar-refractivity contribution in [3.8, 4) is 22.3 Å². The molecule has 3 nitrogen and oxygen atoms in total. The number of fused-ring (bicyclic) bond motifs is 11. The zero-order valence-corrected chi connectivity index (χ0v) is 28.9. The van der Waals surface area contributed by atoms with Crippen LogP contribution in [0.15, 0.2) is 173 Å². The molecule has 8 aromatic carbocycles. The average molecular weight is 668 g/mol. The van der Waals surface area contributed by atoms with Gasteiger partial charge in [-0.2, -0.15) is 0 Å². The van der Waals surface area contributed by atoms with Gasteiger partial charge in [-0.05, 0) is 93.4 Å². The fourth-order valence-electron chi connectivity index (χ4n) is 8.74. The summed E-state index contributed by atoms with van der Waals surface area (Å²) in [6.07, 6.45) is 0. The van der Waals surface area contributed by atoms with E-state index in [1.54, 1.807) is 0 Å². The molecule has 2 heterocycles. The monoisotopic (exact) mass is 667 g/mol. The summed E-state index contributed by atoms with van der Waals surface area (Å²) in [5.74, 6) is 0. The average Bonchev–Trinajstić information content (AvgIpc) is 3.83. The molecular weight excluding hydrogens is 635 g/mol. The Balaban J connectivity index is 1.12. The highest BCUT2D eigenvalue weighted by atomic mass is 16.3. The highest BCUT2D eigenvalue weighted by Crippen LogP contribution is 2.51. The van der Waals surface area contributed by atoms with Gasteiger partial charge < -0.3 is 13.7 Å². The van der Waals surface area contributed by atoms with Crippen molar-refractivity contribution in [1.82, 2.24) is 0 Å². The normalized spacial score (nSPS) is 13.3. The molecule has 0 aliphatic heterocycles. The van der Waals surface area contributed by atoms with E-state index >= 15 is 0 Å². The molecule has 3 heteroatoms. The summed E-state index contributed by atoms with van der Waals surface area (Å²) in [6.45, 7) is 4.68. The van der Waals surface area contributed by atoms with Crippen LogP contribution in [0, 0.1) is 0 Å². The van der Waals surface area contributed by atoms with Crippen molar-refractivity contribution in [3.63, 3.8) is 0 Å². The highest BCUT2D eigenvalue weighted by molar-refractivity contribution is 6.19. The quantitative estimate of drug-likeness (QED) is 0.187. The van der Waals surface area contributed by atoms with Gasteiger partial charge in [-0.15, -0.1) is 0 Å². The Hall–Kier alpha value is -6.58. The van der Waals surface area contributed by atoms with E-state index in [1.165, 1.54) is 27.6 Å². The second-order valence-electron chi connectivity index (χ2n) is 14.5. The van der Waals surface area contributed by atoms with Crippen molar-refractivity contribution in [2.24, 2.45) is 0 Å². The number of hydrogen-bond acceptors (Lipinski definition) is 3. The van der Waals surface area contributed by atoms with Gasteiger partial charge in [0.05, 0.1) is 0 Å². The van der Waals surface area contributed by atoms with Gasteiger partial charge in [-0.25, -0.2) is 0 Å². The third kappa shape index (κ3) is 4.14. The molecule has 0 N–H and O–H groups in total. The summed E-state index contributed by atoms with van der Waals surface area (Å²) in [6, 6.07) is 58.8. The number of nitrogens with zero attached hydrogens (tertiary/aromatic N) is 1. The van der Waals surface area contributed by atoms with Crippen molar-refractivity contribution < 1.29 is 8.83 Å². The molecule has 246 valence electrons. The minimum absolute atomic E-state index is 0.125. The SMILES string of the molecule is CC1(C)c2ccccc2-c2ccc(N(c3cccc(-c4cccc5oc6c7ccccc7ccc6c45)c3)c3ccc4c(c3)oc3ccccc34)cc21. The first kappa shape index (κ1) is 29.2. The second-order valence-corrected chi connectivity index (χ2v) is 14.5. The molecular formula is C49H33NO2. The molecule has 1 aliphatic rings.